The van der Waals surface area contributed by atoms with Gasteiger partial charge in [0.1, 0.15) is 12.7 Å². The van der Waals surface area contributed by atoms with Crippen molar-refractivity contribution in [3.63, 3.8) is 0 Å². The highest BCUT2D eigenvalue weighted by Crippen LogP contribution is 2.34. The third-order valence-corrected chi connectivity index (χ3v) is 5.39. The van der Waals surface area contributed by atoms with Crippen LogP contribution in [0.1, 0.15) is 79.7 Å². The Kier molecular flexibility index (Phi) is 10.4. The zero-order valence-electron chi connectivity index (χ0n) is 22.0. The molecule has 5 atom stereocenters. The molecule has 1 aliphatic rings. The van der Waals surface area contributed by atoms with E-state index in [0.717, 1.165) is 19.3 Å². The van der Waals surface area contributed by atoms with Gasteiger partial charge in [-0.05, 0) is 24.7 Å². The molecule has 0 aromatic carbocycles. The van der Waals surface area contributed by atoms with Gasteiger partial charge in [-0.2, -0.15) is 0 Å². The van der Waals surface area contributed by atoms with Crippen molar-refractivity contribution in [2.24, 2.45) is 5.41 Å². The van der Waals surface area contributed by atoms with Crippen LogP contribution in [0.15, 0.2) is 6.20 Å². The molecule has 0 spiro atoms. The topological polar surface area (TPSA) is 145 Å². The number of rotatable bonds is 10. The first-order valence-electron chi connectivity index (χ1n) is 12.0. The van der Waals surface area contributed by atoms with E-state index >= 15 is 0 Å². The van der Waals surface area contributed by atoms with Crippen LogP contribution in [0.4, 0.5) is 0 Å². The van der Waals surface area contributed by atoms with E-state index in [4.69, 9.17) is 23.7 Å². The van der Waals surface area contributed by atoms with Crippen LogP contribution in [0, 0.1) is 5.41 Å². The molecule has 2 heterocycles. The lowest BCUT2D eigenvalue weighted by Gasteiger charge is -2.44. The molecule has 2 rings (SSSR count). The molecule has 0 amide bonds. The molecule has 0 aliphatic carbocycles. The summed E-state index contributed by atoms with van der Waals surface area (Å²) in [4.78, 5) is 47.2. The van der Waals surface area contributed by atoms with Crippen LogP contribution in [-0.4, -0.2) is 69.9 Å². The van der Waals surface area contributed by atoms with Crippen LogP contribution < -0.4 is 0 Å². The molecule has 0 N–H and O–H groups in total. The number of carbonyl (C=O) groups is 4. The fourth-order valence-electron chi connectivity index (χ4n) is 3.93. The number of hydrogen-bond acceptors (Lipinski definition) is 11. The Morgan fingerprint density at radius 3 is 2.03 bits per heavy atom. The van der Waals surface area contributed by atoms with Crippen molar-refractivity contribution in [2.45, 2.75) is 105 Å². The fourth-order valence-corrected chi connectivity index (χ4v) is 3.93. The smallest absolute Gasteiger partial charge is 0.303 e. The molecule has 1 aliphatic heterocycles. The summed E-state index contributed by atoms with van der Waals surface area (Å²) in [5.41, 5.74) is 0.947. The molecule has 5 unspecified atom stereocenters. The second-order valence-electron chi connectivity index (χ2n) is 10.0. The van der Waals surface area contributed by atoms with E-state index in [0.29, 0.717) is 12.1 Å². The van der Waals surface area contributed by atoms with E-state index in [1.165, 1.54) is 32.4 Å². The lowest BCUT2D eigenvalue weighted by atomic mass is 9.89. The van der Waals surface area contributed by atoms with Crippen molar-refractivity contribution in [3.8, 4) is 0 Å². The molecule has 12 heteroatoms. The summed E-state index contributed by atoms with van der Waals surface area (Å²) in [5, 5.41) is 8.35. The average Bonchev–Trinajstić information content (AvgIpc) is 3.19. The van der Waals surface area contributed by atoms with Crippen LogP contribution in [0.25, 0.3) is 0 Å². The Bertz CT molecular complexity index is 924. The molecule has 0 saturated carbocycles. The Morgan fingerprint density at radius 2 is 1.47 bits per heavy atom. The molecule has 0 radical (unpaired) electrons. The number of nitrogens with zero attached hydrogens (tertiary/aromatic N) is 3. The molecular weight excluding hydrogens is 474 g/mol. The summed E-state index contributed by atoms with van der Waals surface area (Å²) >= 11 is 0. The Morgan fingerprint density at radius 1 is 0.889 bits per heavy atom. The first-order valence-corrected chi connectivity index (χ1v) is 12.0. The van der Waals surface area contributed by atoms with E-state index in [1.54, 1.807) is 6.20 Å². The molecule has 12 nitrogen and oxygen atoms in total. The Labute approximate surface area is 210 Å². The Balaban J connectivity index is 2.35. The molecule has 202 valence electrons. The minimum atomic E-state index is -1.26. The first kappa shape index (κ1) is 29.2. The monoisotopic (exact) mass is 511 g/mol. The zero-order chi connectivity index (χ0) is 27.0. The van der Waals surface area contributed by atoms with Crippen LogP contribution in [-0.2, 0) is 49.3 Å². The maximum atomic E-state index is 12.0. The van der Waals surface area contributed by atoms with Gasteiger partial charge in [0.05, 0.1) is 11.9 Å². The predicted molar refractivity (Wildman–Crippen MR) is 124 cm³/mol. The third-order valence-electron chi connectivity index (χ3n) is 5.39. The van der Waals surface area contributed by atoms with Gasteiger partial charge in [0.25, 0.3) is 0 Å². The lowest BCUT2D eigenvalue weighted by molar-refractivity contribution is -0.270. The minimum absolute atomic E-state index is 0.242. The van der Waals surface area contributed by atoms with E-state index in [1.807, 2.05) is 0 Å². The van der Waals surface area contributed by atoms with Gasteiger partial charge >= 0.3 is 23.9 Å². The summed E-state index contributed by atoms with van der Waals surface area (Å²) in [7, 11) is 0. The van der Waals surface area contributed by atoms with E-state index in [2.05, 4.69) is 31.1 Å². The van der Waals surface area contributed by atoms with E-state index in [9.17, 15) is 19.2 Å². The van der Waals surface area contributed by atoms with Crippen LogP contribution in [0.3, 0.4) is 0 Å². The van der Waals surface area contributed by atoms with Crippen LogP contribution >= 0.6 is 0 Å². The fraction of sp³-hybridized carbons (Fsp3) is 0.750. The molecule has 1 fully saturated rings. The second kappa shape index (κ2) is 12.8. The summed E-state index contributed by atoms with van der Waals surface area (Å²) in [6.45, 7) is 11.0. The van der Waals surface area contributed by atoms with Crippen LogP contribution in [0.2, 0.25) is 0 Å². The van der Waals surface area contributed by atoms with Gasteiger partial charge in [0, 0.05) is 27.7 Å². The standard InChI is InChI=1S/C24H37N3O9/c1-14(28)32-13-19-20(33-15(2)29)21(34-16(3)30)22(35-17(4)31)23(36-19)27-12-18(25-26-27)10-8-9-11-24(5,6)7/h12,19-23H,8-11,13H2,1-7H3. The maximum Gasteiger partial charge on any atom is 0.303 e. The molecular formula is C24H37N3O9. The van der Waals surface area contributed by atoms with Crippen molar-refractivity contribution < 1.29 is 42.9 Å². The van der Waals surface area contributed by atoms with Crippen molar-refractivity contribution in [2.75, 3.05) is 6.61 Å². The third kappa shape index (κ3) is 9.21. The molecule has 1 aromatic heterocycles. The average molecular weight is 512 g/mol. The number of hydrogen-bond donors (Lipinski definition) is 0. The number of aromatic nitrogens is 3. The number of aryl methyl sites for hydroxylation is 1. The summed E-state index contributed by atoms with van der Waals surface area (Å²) in [6, 6.07) is 0. The molecule has 0 bridgehead atoms. The maximum absolute atomic E-state index is 12.0. The zero-order valence-corrected chi connectivity index (χ0v) is 22.0. The van der Waals surface area contributed by atoms with E-state index < -0.39 is 54.5 Å². The van der Waals surface area contributed by atoms with Crippen molar-refractivity contribution in [1.82, 2.24) is 15.0 Å². The SMILES string of the molecule is CC(=O)OCC1OC(n2cc(CCCCC(C)(C)C)nn2)C(OC(C)=O)C(OC(C)=O)C1OC(C)=O. The number of esters is 4. The highest BCUT2D eigenvalue weighted by molar-refractivity contribution is 5.68. The van der Waals surface area contributed by atoms with Gasteiger partial charge in [-0.15, -0.1) is 5.10 Å². The largest absolute Gasteiger partial charge is 0.463 e. The predicted octanol–water partition coefficient (Wildman–Crippen LogP) is 2.29. The van der Waals surface area contributed by atoms with Crippen LogP contribution in [0.5, 0.6) is 0 Å². The Hall–Kier alpha value is -3.02. The van der Waals surface area contributed by atoms with Crippen molar-refractivity contribution in [3.05, 3.63) is 11.9 Å². The summed E-state index contributed by atoms with van der Waals surface area (Å²) in [5.74, 6) is -2.64. The van der Waals surface area contributed by atoms with Crippen molar-refractivity contribution >= 4 is 23.9 Å². The van der Waals surface area contributed by atoms with Gasteiger partial charge in [-0.3, -0.25) is 19.2 Å². The molecule has 1 saturated heterocycles. The number of unbranched alkanes of at least 4 members (excludes halogenated alkanes) is 1. The first-order chi connectivity index (χ1) is 16.8. The number of ether oxygens (including phenoxy) is 5. The minimum Gasteiger partial charge on any atom is -0.463 e. The summed E-state index contributed by atoms with van der Waals surface area (Å²) in [6.07, 6.45) is -0.482. The van der Waals surface area contributed by atoms with Gasteiger partial charge in [-0.25, -0.2) is 4.68 Å². The number of carbonyl (C=O) groups excluding carboxylic acids is 4. The highest BCUT2D eigenvalue weighted by atomic mass is 16.7. The quantitative estimate of drug-likeness (QED) is 0.259. The lowest BCUT2D eigenvalue weighted by Crippen LogP contribution is -2.60. The van der Waals surface area contributed by atoms with Gasteiger partial charge < -0.3 is 23.7 Å². The van der Waals surface area contributed by atoms with Gasteiger partial charge in [-0.1, -0.05) is 32.4 Å². The van der Waals surface area contributed by atoms with Crippen molar-refractivity contribution in [1.29, 1.82) is 0 Å². The molecule has 36 heavy (non-hydrogen) atoms. The van der Waals surface area contributed by atoms with Gasteiger partial charge in [0.2, 0.25) is 0 Å². The summed E-state index contributed by atoms with van der Waals surface area (Å²) < 4.78 is 28.8. The van der Waals surface area contributed by atoms with Gasteiger partial charge in [0.15, 0.2) is 24.5 Å². The second-order valence-corrected chi connectivity index (χ2v) is 10.0. The highest BCUT2D eigenvalue weighted by Gasteiger charge is 2.53. The van der Waals surface area contributed by atoms with E-state index in [-0.39, 0.29) is 12.0 Å². The normalized spacial score (nSPS) is 24.0. The molecule has 1 aromatic rings.